The third-order valence-electron chi connectivity index (χ3n) is 3.81. The Balaban J connectivity index is 2.07. The molecule has 0 unspecified atom stereocenters. The topological polar surface area (TPSA) is 76.5 Å². The lowest BCUT2D eigenvalue weighted by Crippen LogP contribution is -2.41. The molecule has 5 nitrogen and oxygen atoms in total. The molecule has 0 bridgehead atoms. The number of primary amides is 1. The minimum atomic E-state index is -0.299. The standard InChI is InChI=1S/C15H22N2O3/c1-3-12-7-10(2)14(20-12)15(19)17-6-4-5-11(9-17)8-13(16)18/h7,11H,3-6,8-9H2,1-2H3,(H2,16,18)/t11-/m0/s1. The largest absolute Gasteiger partial charge is 0.456 e. The van der Waals surface area contributed by atoms with Gasteiger partial charge in [0.2, 0.25) is 5.91 Å². The second-order valence-electron chi connectivity index (χ2n) is 5.51. The number of carbonyl (C=O) groups is 2. The molecular weight excluding hydrogens is 256 g/mol. The maximum Gasteiger partial charge on any atom is 0.289 e. The van der Waals surface area contributed by atoms with Gasteiger partial charge in [-0.3, -0.25) is 9.59 Å². The maximum absolute atomic E-state index is 12.5. The van der Waals surface area contributed by atoms with Gasteiger partial charge in [-0.15, -0.1) is 0 Å². The minimum Gasteiger partial charge on any atom is -0.456 e. The number of piperidine rings is 1. The predicted molar refractivity (Wildman–Crippen MR) is 75.3 cm³/mol. The van der Waals surface area contributed by atoms with E-state index in [2.05, 4.69) is 0 Å². The summed E-state index contributed by atoms with van der Waals surface area (Å²) in [6, 6.07) is 1.91. The van der Waals surface area contributed by atoms with Crippen molar-refractivity contribution in [2.45, 2.75) is 39.5 Å². The zero-order valence-corrected chi connectivity index (χ0v) is 12.1. The van der Waals surface area contributed by atoms with Crippen LogP contribution in [0, 0.1) is 12.8 Å². The lowest BCUT2D eigenvalue weighted by atomic mass is 9.94. The average Bonchev–Trinajstić information content (AvgIpc) is 2.79. The molecule has 2 rings (SSSR count). The van der Waals surface area contributed by atoms with Gasteiger partial charge in [0.1, 0.15) is 5.76 Å². The summed E-state index contributed by atoms with van der Waals surface area (Å²) in [4.78, 5) is 25.3. The summed E-state index contributed by atoms with van der Waals surface area (Å²) >= 11 is 0. The third kappa shape index (κ3) is 3.21. The fourth-order valence-corrected chi connectivity index (χ4v) is 2.78. The number of hydrogen-bond acceptors (Lipinski definition) is 3. The Bertz CT molecular complexity index is 507. The highest BCUT2D eigenvalue weighted by molar-refractivity contribution is 5.93. The van der Waals surface area contributed by atoms with Gasteiger partial charge in [-0.05, 0) is 31.7 Å². The van der Waals surface area contributed by atoms with Gasteiger partial charge < -0.3 is 15.1 Å². The molecule has 110 valence electrons. The first-order valence-corrected chi connectivity index (χ1v) is 7.18. The number of furan rings is 1. The molecule has 1 saturated heterocycles. The van der Waals surface area contributed by atoms with Crippen molar-refractivity contribution in [1.29, 1.82) is 0 Å². The summed E-state index contributed by atoms with van der Waals surface area (Å²) < 4.78 is 5.61. The van der Waals surface area contributed by atoms with Crippen molar-refractivity contribution < 1.29 is 14.0 Å². The first-order chi connectivity index (χ1) is 9.51. The van der Waals surface area contributed by atoms with Crippen molar-refractivity contribution in [3.8, 4) is 0 Å². The van der Waals surface area contributed by atoms with Crippen LogP contribution >= 0.6 is 0 Å². The van der Waals surface area contributed by atoms with E-state index in [4.69, 9.17) is 10.2 Å². The summed E-state index contributed by atoms with van der Waals surface area (Å²) in [5.74, 6) is 1.06. The molecule has 2 N–H and O–H groups in total. The van der Waals surface area contributed by atoms with E-state index in [9.17, 15) is 9.59 Å². The van der Waals surface area contributed by atoms with Gasteiger partial charge in [-0.2, -0.15) is 0 Å². The van der Waals surface area contributed by atoms with Gasteiger partial charge in [-0.25, -0.2) is 0 Å². The summed E-state index contributed by atoms with van der Waals surface area (Å²) in [7, 11) is 0. The quantitative estimate of drug-likeness (QED) is 0.913. The van der Waals surface area contributed by atoms with Gasteiger partial charge in [0.25, 0.3) is 5.91 Å². The van der Waals surface area contributed by atoms with E-state index in [1.54, 1.807) is 4.90 Å². The van der Waals surface area contributed by atoms with Crippen LogP contribution < -0.4 is 5.73 Å². The Kier molecular flexibility index (Phi) is 4.47. The second kappa shape index (κ2) is 6.11. The molecule has 2 heterocycles. The minimum absolute atomic E-state index is 0.0728. The van der Waals surface area contributed by atoms with Gasteiger partial charge in [0, 0.05) is 31.5 Å². The highest BCUT2D eigenvalue weighted by Crippen LogP contribution is 2.23. The van der Waals surface area contributed by atoms with E-state index in [1.807, 2.05) is 19.9 Å². The zero-order chi connectivity index (χ0) is 14.7. The van der Waals surface area contributed by atoms with Crippen LogP contribution in [-0.4, -0.2) is 29.8 Å². The first-order valence-electron chi connectivity index (χ1n) is 7.18. The summed E-state index contributed by atoms with van der Waals surface area (Å²) in [6.07, 6.45) is 2.98. The predicted octanol–water partition coefficient (Wildman–Crippen LogP) is 1.88. The molecule has 1 aromatic heterocycles. The van der Waals surface area contributed by atoms with Crippen LogP contribution in [0.3, 0.4) is 0 Å². The molecule has 0 aliphatic carbocycles. The zero-order valence-electron chi connectivity index (χ0n) is 12.1. The Morgan fingerprint density at radius 1 is 1.50 bits per heavy atom. The van der Waals surface area contributed by atoms with Crippen LogP contribution in [0.2, 0.25) is 0 Å². The summed E-state index contributed by atoms with van der Waals surface area (Å²) in [5, 5.41) is 0. The number of hydrogen-bond donors (Lipinski definition) is 1. The van der Waals surface area contributed by atoms with Crippen molar-refractivity contribution in [3.05, 3.63) is 23.2 Å². The number of likely N-dealkylation sites (tertiary alicyclic amines) is 1. The monoisotopic (exact) mass is 278 g/mol. The molecule has 0 spiro atoms. The molecule has 1 fully saturated rings. The molecule has 1 aromatic rings. The maximum atomic E-state index is 12.5. The Labute approximate surface area is 119 Å². The molecule has 1 aliphatic rings. The summed E-state index contributed by atoms with van der Waals surface area (Å²) in [5.41, 5.74) is 6.12. The van der Waals surface area contributed by atoms with E-state index in [0.29, 0.717) is 18.7 Å². The average molecular weight is 278 g/mol. The van der Waals surface area contributed by atoms with Crippen LogP contribution in [0.4, 0.5) is 0 Å². The Morgan fingerprint density at radius 2 is 2.25 bits per heavy atom. The highest BCUT2D eigenvalue weighted by Gasteiger charge is 2.28. The molecular formula is C15H22N2O3. The highest BCUT2D eigenvalue weighted by atomic mass is 16.4. The number of aryl methyl sites for hydroxylation is 2. The molecule has 5 heteroatoms. The van der Waals surface area contributed by atoms with Crippen LogP contribution in [0.1, 0.15) is 48.1 Å². The van der Waals surface area contributed by atoms with Gasteiger partial charge >= 0.3 is 0 Å². The summed E-state index contributed by atoms with van der Waals surface area (Å²) in [6.45, 7) is 5.19. The number of amides is 2. The number of nitrogens with two attached hydrogens (primary N) is 1. The second-order valence-corrected chi connectivity index (χ2v) is 5.51. The Morgan fingerprint density at radius 3 is 2.85 bits per heavy atom. The number of carbonyl (C=O) groups excluding carboxylic acids is 2. The number of rotatable bonds is 4. The van der Waals surface area contributed by atoms with Crippen LogP contribution in [0.25, 0.3) is 0 Å². The van der Waals surface area contributed by atoms with Crippen molar-refractivity contribution in [3.63, 3.8) is 0 Å². The van der Waals surface area contributed by atoms with Crippen molar-refractivity contribution >= 4 is 11.8 Å². The fraction of sp³-hybridized carbons (Fsp3) is 0.600. The molecule has 1 atom stereocenters. The fourth-order valence-electron chi connectivity index (χ4n) is 2.78. The molecule has 0 radical (unpaired) electrons. The molecule has 0 saturated carbocycles. The third-order valence-corrected chi connectivity index (χ3v) is 3.81. The molecule has 1 aliphatic heterocycles. The smallest absolute Gasteiger partial charge is 0.289 e. The van der Waals surface area contributed by atoms with Crippen molar-refractivity contribution in [2.75, 3.05) is 13.1 Å². The van der Waals surface area contributed by atoms with Crippen molar-refractivity contribution in [2.24, 2.45) is 11.7 Å². The molecule has 0 aromatic carbocycles. The van der Waals surface area contributed by atoms with E-state index in [-0.39, 0.29) is 17.7 Å². The first kappa shape index (κ1) is 14.6. The number of nitrogens with zero attached hydrogens (tertiary/aromatic N) is 1. The molecule has 2 amide bonds. The van der Waals surface area contributed by atoms with Crippen LogP contribution in [0.15, 0.2) is 10.5 Å². The Hall–Kier alpha value is -1.78. The van der Waals surface area contributed by atoms with Gasteiger partial charge in [-0.1, -0.05) is 6.92 Å². The lowest BCUT2D eigenvalue weighted by molar-refractivity contribution is -0.119. The van der Waals surface area contributed by atoms with E-state index >= 15 is 0 Å². The SMILES string of the molecule is CCc1cc(C)c(C(=O)N2CCC[C@@H](CC(N)=O)C2)o1. The van der Waals surface area contributed by atoms with Gasteiger partial charge in [0.15, 0.2) is 5.76 Å². The van der Waals surface area contributed by atoms with Gasteiger partial charge in [0.05, 0.1) is 0 Å². The van der Waals surface area contributed by atoms with Crippen LogP contribution in [0.5, 0.6) is 0 Å². The van der Waals surface area contributed by atoms with Crippen molar-refractivity contribution in [1.82, 2.24) is 4.90 Å². The van der Waals surface area contributed by atoms with E-state index in [0.717, 1.165) is 37.1 Å². The molecule has 20 heavy (non-hydrogen) atoms. The van der Waals surface area contributed by atoms with E-state index in [1.165, 1.54) is 0 Å². The normalized spacial score (nSPS) is 19.1. The van der Waals surface area contributed by atoms with E-state index < -0.39 is 0 Å². The lowest BCUT2D eigenvalue weighted by Gasteiger charge is -2.31. The van der Waals surface area contributed by atoms with Crippen LogP contribution in [-0.2, 0) is 11.2 Å².